The van der Waals surface area contributed by atoms with Crippen molar-refractivity contribution in [1.29, 1.82) is 0 Å². The van der Waals surface area contributed by atoms with E-state index in [4.69, 9.17) is 4.74 Å². The molecule has 0 amide bonds. The smallest absolute Gasteiger partial charge is 0.333 e. The Morgan fingerprint density at radius 1 is 1.06 bits per heavy atom. The summed E-state index contributed by atoms with van der Waals surface area (Å²) in [5, 5.41) is 0. The lowest BCUT2D eigenvalue weighted by Gasteiger charge is -2.53. The maximum absolute atomic E-state index is 11.5. The van der Waals surface area contributed by atoms with Crippen LogP contribution in [0.15, 0.2) is 11.6 Å². The first-order chi connectivity index (χ1) is 8.17. The lowest BCUT2D eigenvalue weighted by molar-refractivity contribution is -0.136. The van der Waals surface area contributed by atoms with Crippen molar-refractivity contribution in [3.63, 3.8) is 0 Å². The number of rotatable bonds is 2. The maximum atomic E-state index is 11.5. The van der Waals surface area contributed by atoms with Crippen molar-refractivity contribution in [2.75, 3.05) is 7.11 Å². The number of allylic oxidation sites excluding steroid dienone is 1. The molecule has 0 atom stereocenters. The van der Waals surface area contributed by atoms with E-state index in [1.165, 1.54) is 39.2 Å². The molecule has 4 saturated carbocycles. The molecule has 0 heterocycles. The number of ether oxygens (including phenoxy) is 1. The van der Waals surface area contributed by atoms with E-state index in [-0.39, 0.29) is 5.97 Å². The Bertz CT molecular complexity index is 328. The van der Waals surface area contributed by atoms with E-state index in [0.717, 1.165) is 29.2 Å². The third kappa shape index (κ3) is 1.92. The minimum Gasteiger partial charge on any atom is -0.466 e. The first-order valence-electron chi connectivity index (χ1n) is 6.94. The van der Waals surface area contributed by atoms with Gasteiger partial charge in [0.25, 0.3) is 0 Å². The molecule has 4 aliphatic carbocycles. The third-order valence-electron chi connectivity index (χ3n) is 5.25. The first-order valence-corrected chi connectivity index (χ1v) is 6.94. The summed E-state index contributed by atoms with van der Waals surface area (Å²) < 4.78 is 4.80. The Morgan fingerprint density at radius 3 is 2.06 bits per heavy atom. The summed E-state index contributed by atoms with van der Waals surface area (Å²) in [5.74, 6) is 4.21. The molecule has 2 nitrogen and oxygen atoms in total. The third-order valence-corrected chi connectivity index (χ3v) is 5.25. The molecule has 4 aliphatic rings. The van der Waals surface area contributed by atoms with Crippen LogP contribution in [0.5, 0.6) is 0 Å². The van der Waals surface area contributed by atoms with Gasteiger partial charge in [0, 0.05) is 5.57 Å². The Morgan fingerprint density at radius 2 is 1.59 bits per heavy atom. The van der Waals surface area contributed by atoms with Crippen molar-refractivity contribution < 1.29 is 9.53 Å². The van der Waals surface area contributed by atoms with Crippen molar-refractivity contribution >= 4 is 5.97 Å². The monoisotopic (exact) mass is 234 g/mol. The molecule has 0 spiro atoms. The second-order valence-corrected chi connectivity index (χ2v) is 6.35. The van der Waals surface area contributed by atoms with Gasteiger partial charge in [-0.05, 0) is 68.6 Å². The van der Waals surface area contributed by atoms with Crippen LogP contribution in [0.1, 0.15) is 39.0 Å². The minimum atomic E-state index is -0.154. The quantitative estimate of drug-likeness (QED) is 0.542. The van der Waals surface area contributed by atoms with Crippen molar-refractivity contribution in [2.24, 2.45) is 29.6 Å². The minimum absolute atomic E-state index is 0.154. The predicted molar refractivity (Wildman–Crippen MR) is 66.3 cm³/mol. The van der Waals surface area contributed by atoms with Crippen LogP contribution in [0.25, 0.3) is 0 Å². The number of carbonyl (C=O) groups excluding carboxylic acids is 1. The van der Waals surface area contributed by atoms with E-state index < -0.39 is 0 Å². The molecule has 0 aliphatic heterocycles. The molecule has 0 saturated heterocycles. The topological polar surface area (TPSA) is 26.3 Å². The Labute approximate surface area is 103 Å². The summed E-state index contributed by atoms with van der Waals surface area (Å²) in [5.41, 5.74) is 0.810. The van der Waals surface area contributed by atoms with Gasteiger partial charge < -0.3 is 4.74 Å². The Hall–Kier alpha value is -0.790. The highest BCUT2D eigenvalue weighted by atomic mass is 16.5. The summed E-state index contributed by atoms with van der Waals surface area (Å²) >= 11 is 0. The zero-order valence-electron chi connectivity index (χ0n) is 10.8. The molecule has 94 valence electrons. The highest BCUT2D eigenvalue weighted by molar-refractivity contribution is 5.87. The largest absolute Gasteiger partial charge is 0.466 e. The standard InChI is InChI=1S/C15H22O2/c1-9(15(16)17-2)3-14-12-5-10-4-11(7-12)8-13(14)6-10/h3,10-14H,4-8H2,1-2H3. The second kappa shape index (κ2) is 4.15. The zero-order valence-corrected chi connectivity index (χ0v) is 10.8. The van der Waals surface area contributed by atoms with Crippen LogP contribution in [0.4, 0.5) is 0 Å². The molecular formula is C15H22O2. The Kier molecular flexibility index (Phi) is 2.76. The van der Waals surface area contributed by atoms with Crippen LogP contribution in [-0.2, 0) is 9.53 Å². The van der Waals surface area contributed by atoms with Crippen LogP contribution in [0.2, 0.25) is 0 Å². The van der Waals surface area contributed by atoms with Crippen molar-refractivity contribution in [3.05, 3.63) is 11.6 Å². The molecule has 4 rings (SSSR count). The molecule has 4 bridgehead atoms. The van der Waals surface area contributed by atoms with Crippen LogP contribution in [0, 0.1) is 29.6 Å². The van der Waals surface area contributed by atoms with E-state index >= 15 is 0 Å². The fraction of sp³-hybridized carbons (Fsp3) is 0.800. The van der Waals surface area contributed by atoms with Gasteiger partial charge in [0.2, 0.25) is 0 Å². The highest BCUT2D eigenvalue weighted by Crippen LogP contribution is 2.57. The average Bonchev–Trinajstić information content (AvgIpc) is 2.31. The van der Waals surface area contributed by atoms with Crippen LogP contribution in [0.3, 0.4) is 0 Å². The zero-order chi connectivity index (χ0) is 12.0. The summed E-state index contributed by atoms with van der Waals surface area (Å²) in [6.45, 7) is 1.90. The van der Waals surface area contributed by atoms with Crippen LogP contribution >= 0.6 is 0 Å². The van der Waals surface area contributed by atoms with Gasteiger partial charge in [0.15, 0.2) is 0 Å². The normalized spacial score (nSPS) is 43.9. The summed E-state index contributed by atoms with van der Waals surface area (Å²) in [7, 11) is 1.47. The van der Waals surface area contributed by atoms with Crippen LogP contribution in [-0.4, -0.2) is 13.1 Å². The lowest BCUT2D eigenvalue weighted by Crippen LogP contribution is -2.44. The molecule has 2 heteroatoms. The summed E-state index contributed by atoms with van der Waals surface area (Å²) in [4.78, 5) is 11.5. The van der Waals surface area contributed by atoms with E-state index in [1.54, 1.807) is 0 Å². The van der Waals surface area contributed by atoms with Gasteiger partial charge in [-0.15, -0.1) is 0 Å². The van der Waals surface area contributed by atoms with Gasteiger partial charge in [-0.3, -0.25) is 0 Å². The highest BCUT2D eigenvalue weighted by Gasteiger charge is 2.47. The van der Waals surface area contributed by atoms with E-state index in [0.29, 0.717) is 5.92 Å². The molecule has 0 unspecified atom stereocenters. The van der Waals surface area contributed by atoms with E-state index in [2.05, 4.69) is 6.08 Å². The van der Waals surface area contributed by atoms with Gasteiger partial charge in [-0.25, -0.2) is 4.79 Å². The predicted octanol–water partition coefficient (Wildman–Crippen LogP) is 3.18. The van der Waals surface area contributed by atoms with E-state index in [9.17, 15) is 4.79 Å². The fourth-order valence-electron chi connectivity index (χ4n) is 4.76. The molecule has 0 aromatic rings. The SMILES string of the molecule is COC(=O)C(C)=CC1C2CC3CC(C2)CC1C3. The van der Waals surface area contributed by atoms with Crippen molar-refractivity contribution in [2.45, 2.75) is 39.0 Å². The van der Waals surface area contributed by atoms with Crippen LogP contribution < -0.4 is 0 Å². The number of methoxy groups -OCH3 is 1. The van der Waals surface area contributed by atoms with Crippen molar-refractivity contribution in [1.82, 2.24) is 0 Å². The molecular weight excluding hydrogens is 212 g/mol. The second-order valence-electron chi connectivity index (χ2n) is 6.35. The average molecular weight is 234 g/mol. The van der Waals surface area contributed by atoms with Gasteiger partial charge >= 0.3 is 5.97 Å². The van der Waals surface area contributed by atoms with E-state index in [1.807, 2.05) is 6.92 Å². The molecule has 0 aromatic carbocycles. The molecule has 0 N–H and O–H groups in total. The first kappa shape index (κ1) is 11.3. The molecule has 0 aromatic heterocycles. The maximum Gasteiger partial charge on any atom is 0.333 e. The van der Waals surface area contributed by atoms with Crippen molar-refractivity contribution in [3.8, 4) is 0 Å². The van der Waals surface area contributed by atoms with Gasteiger partial charge in [0.1, 0.15) is 0 Å². The Balaban J connectivity index is 1.78. The lowest BCUT2D eigenvalue weighted by atomic mass is 9.52. The fourth-order valence-corrected chi connectivity index (χ4v) is 4.76. The summed E-state index contributed by atoms with van der Waals surface area (Å²) in [6.07, 6.45) is 9.33. The molecule has 4 fully saturated rings. The number of hydrogen-bond acceptors (Lipinski definition) is 2. The number of carbonyl (C=O) groups is 1. The molecule has 0 radical (unpaired) electrons. The number of esters is 1. The van der Waals surface area contributed by atoms with Gasteiger partial charge in [-0.1, -0.05) is 6.08 Å². The summed E-state index contributed by atoms with van der Waals surface area (Å²) in [6, 6.07) is 0. The molecule has 17 heavy (non-hydrogen) atoms. The number of hydrogen-bond donors (Lipinski definition) is 0. The van der Waals surface area contributed by atoms with Gasteiger partial charge in [-0.2, -0.15) is 0 Å². The van der Waals surface area contributed by atoms with Gasteiger partial charge in [0.05, 0.1) is 7.11 Å².